The summed E-state index contributed by atoms with van der Waals surface area (Å²) in [7, 11) is 0. The van der Waals surface area contributed by atoms with Gasteiger partial charge in [-0.25, -0.2) is 4.98 Å². The van der Waals surface area contributed by atoms with Crippen LogP contribution in [0.25, 0.3) is 0 Å². The van der Waals surface area contributed by atoms with Gasteiger partial charge in [0.05, 0.1) is 16.8 Å². The summed E-state index contributed by atoms with van der Waals surface area (Å²) in [4.78, 5) is 4.34. The number of benzene rings is 1. The Balaban J connectivity index is 1.93. The number of nitrogens with zero attached hydrogens (tertiary/aromatic N) is 1. The molecule has 2 aromatic rings. The van der Waals surface area contributed by atoms with Crippen molar-refractivity contribution in [2.75, 3.05) is 0 Å². The van der Waals surface area contributed by atoms with E-state index in [1.165, 1.54) is 0 Å². The highest BCUT2D eigenvalue weighted by Gasteiger charge is 2.17. The maximum atomic E-state index is 10.1. The Kier molecular flexibility index (Phi) is 4.80. The summed E-state index contributed by atoms with van der Waals surface area (Å²) in [5.41, 5.74) is 0.900. The zero-order chi connectivity index (χ0) is 13.8. The lowest BCUT2D eigenvalue weighted by Crippen LogP contribution is -2.30. The van der Waals surface area contributed by atoms with Gasteiger partial charge in [-0.2, -0.15) is 0 Å². The molecule has 1 aromatic heterocycles. The second-order valence-electron chi connectivity index (χ2n) is 4.41. The Morgan fingerprint density at radius 2 is 2.26 bits per heavy atom. The molecule has 0 saturated heterocycles. The fourth-order valence-corrected chi connectivity index (χ4v) is 2.52. The summed E-state index contributed by atoms with van der Waals surface area (Å²) in [6.45, 7) is 3.79. The Morgan fingerprint density at radius 1 is 1.47 bits per heavy atom. The average Bonchev–Trinajstić information content (AvgIpc) is 2.74. The summed E-state index contributed by atoms with van der Waals surface area (Å²) in [5, 5.41) is 13.7. The topological polar surface area (TPSA) is 42.4 Å². The van der Waals surface area contributed by atoms with E-state index >= 15 is 0 Å². The second-order valence-corrected chi connectivity index (χ2v) is 5.91. The van der Waals surface area contributed by atoms with Crippen molar-refractivity contribution in [1.82, 2.24) is 4.98 Å². The van der Waals surface area contributed by atoms with Crippen LogP contribution in [0.2, 0.25) is 5.02 Å². The van der Waals surface area contributed by atoms with E-state index in [0.717, 1.165) is 10.7 Å². The quantitative estimate of drug-likeness (QED) is 0.919. The van der Waals surface area contributed by atoms with E-state index in [1.807, 2.05) is 31.4 Å². The summed E-state index contributed by atoms with van der Waals surface area (Å²) in [6.07, 6.45) is -0.424. The maximum Gasteiger partial charge on any atom is 0.122 e. The number of aromatic nitrogens is 1. The van der Waals surface area contributed by atoms with Gasteiger partial charge in [-0.15, -0.1) is 11.3 Å². The molecule has 3 nitrogen and oxygen atoms in total. The van der Waals surface area contributed by atoms with Crippen LogP contribution in [-0.4, -0.2) is 22.3 Å². The van der Waals surface area contributed by atoms with Gasteiger partial charge in [-0.05, 0) is 32.0 Å². The third kappa shape index (κ3) is 4.20. The van der Waals surface area contributed by atoms with Crippen LogP contribution >= 0.6 is 22.9 Å². The SMILES string of the molecule is Cc1nc(CC(O)C(C)Oc2cccc(Cl)c2)cs1. The first-order valence-corrected chi connectivity index (χ1v) is 7.31. The molecule has 2 rings (SSSR count). The predicted octanol–water partition coefficient (Wildman–Crippen LogP) is 3.48. The molecular formula is C14H16ClNO2S. The first-order valence-electron chi connectivity index (χ1n) is 6.06. The maximum absolute atomic E-state index is 10.1. The van der Waals surface area contributed by atoms with Gasteiger partial charge in [0.1, 0.15) is 11.9 Å². The molecule has 19 heavy (non-hydrogen) atoms. The molecule has 0 aliphatic carbocycles. The molecule has 2 unspecified atom stereocenters. The van der Waals surface area contributed by atoms with Crippen LogP contribution in [0, 0.1) is 6.92 Å². The monoisotopic (exact) mass is 297 g/mol. The van der Waals surface area contributed by atoms with E-state index < -0.39 is 6.10 Å². The molecule has 5 heteroatoms. The van der Waals surface area contributed by atoms with E-state index in [0.29, 0.717) is 17.2 Å². The van der Waals surface area contributed by atoms with Gasteiger partial charge in [0.25, 0.3) is 0 Å². The van der Waals surface area contributed by atoms with Crippen LogP contribution in [0.5, 0.6) is 5.75 Å². The van der Waals surface area contributed by atoms with Crippen molar-refractivity contribution in [3.05, 3.63) is 45.4 Å². The molecule has 0 saturated carbocycles. The van der Waals surface area contributed by atoms with Crippen molar-refractivity contribution in [2.24, 2.45) is 0 Å². The van der Waals surface area contributed by atoms with Crippen LogP contribution < -0.4 is 4.74 Å². The van der Waals surface area contributed by atoms with Gasteiger partial charge in [0.15, 0.2) is 0 Å². The van der Waals surface area contributed by atoms with Crippen molar-refractivity contribution in [1.29, 1.82) is 0 Å². The molecule has 0 bridgehead atoms. The first kappa shape index (κ1) is 14.3. The number of rotatable bonds is 5. The highest BCUT2D eigenvalue weighted by atomic mass is 35.5. The lowest BCUT2D eigenvalue weighted by molar-refractivity contribution is 0.0473. The van der Waals surface area contributed by atoms with Crippen molar-refractivity contribution < 1.29 is 9.84 Å². The van der Waals surface area contributed by atoms with Gasteiger partial charge in [0.2, 0.25) is 0 Å². The fraction of sp³-hybridized carbons (Fsp3) is 0.357. The van der Waals surface area contributed by atoms with Crippen LogP contribution in [-0.2, 0) is 6.42 Å². The van der Waals surface area contributed by atoms with Gasteiger partial charge in [-0.3, -0.25) is 0 Å². The minimum Gasteiger partial charge on any atom is -0.488 e. The molecule has 1 aromatic carbocycles. The summed E-state index contributed by atoms with van der Waals surface area (Å²) in [6, 6.07) is 7.16. The van der Waals surface area contributed by atoms with Crippen LogP contribution in [0.1, 0.15) is 17.6 Å². The number of aryl methyl sites for hydroxylation is 1. The standard InChI is InChI=1S/C14H16ClNO2S/c1-9(18-13-5-3-4-11(15)6-13)14(17)7-12-8-19-10(2)16-12/h3-6,8-9,14,17H,7H2,1-2H3. The molecule has 102 valence electrons. The fourth-order valence-electron chi connectivity index (χ4n) is 1.72. The largest absolute Gasteiger partial charge is 0.488 e. The average molecular weight is 298 g/mol. The predicted molar refractivity (Wildman–Crippen MR) is 78.1 cm³/mol. The Bertz CT molecular complexity index is 544. The summed E-state index contributed by atoms with van der Waals surface area (Å²) in [5.74, 6) is 0.661. The first-order chi connectivity index (χ1) is 9.04. The van der Waals surface area contributed by atoms with Gasteiger partial charge < -0.3 is 9.84 Å². The molecule has 2 atom stereocenters. The molecule has 0 amide bonds. The number of halogens is 1. The van der Waals surface area contributed by atoms with E-state index in [4.69, 9.17) is 16.3 Å². The number of thiazole rings is 1. The van der Waals surface area contributed by atoms with E-state index in [-0.39, 0.29) is 6.10 Å². The molecule has 0 radical (unpaired) electrons. The lowest BCUT2D eigenvalue weighted by atomic mass is 10.1. The molecular weight excluding hydrogens is 282 g/mol. The second kappa shape index (κ2) is 6.37. The summed E-state index contributed by atoms with van der Waals surface area (Å²) < 4.78 is 5.68. The molecule has 0 spiro atoms. The normalized spacial score (nSPS) is 14.1. The van der Waals surface area contributed by atoms with Gasteiger partial charge >= 0.3 is 0 Å². The van der Waals surface area contributed by atoms with Crippen LogP contribution in [0.3, 0.4) is 0 Å². The van der Waals surface area contributed by atoms with Crippen molar-refractivity contribution >= 4 is 22.9 Å². The summed E-state index contributed by atoms with van der Waals surface area (Å²) >= 11 is 7.47. The van der Waals surface area contributed by atoms with Crippen molar-refractivity contribution in [2.45, 2.75) is 32.5 Å². The van der Waals surface area contributed by atoms with E-state index in [1.54, 1.807) is 23.5 Å². The smallest absolute Gasteiger partial charge is 0.122 e. The molecule has 0 fully saturated rings. The van der Waals surface area contributed by atoms with Crippen LogP contribution in [0.4, 0.5) is 0 Å². The lowest BCUT2D eigenvalue weighted by Gasteiger charge is -2.20. The third-order valence-electron chi connectivity index (χ3n) is 2.74. The number of ether oxygens (including phenoxy) is 1. The van der Waals surface area contributed by atoms with Gasteiger partial charge in [-0.1, -0.05) is 17.7 Å². The minimum absolute atomic E-state index is 0.319. The van der Waals surface area contributed by atoms with E-state index in [9.17, 15) is 5.11 Å². The molecule has 1 N–H and O–H groups in total. The van der Waals surface area contributed by atoms with Crippen molar-refractivity contribution in [3.8, 4) is 5.75 Å². The Morgan fingerprint density at radius 3 is 2.89 bits per heavy atom. The number of aliphatic hydroxyl groups excluding tert-OH is 1. The zero-order valence-electron chi connectivity index (χ0n) is 10.8. The minimum atomic E-state index is -0.597. The zero-order valence-corrected chi connectivity index (χ0v) is 12.4. The third-order valence-corrected chi connectivity index (χ3v) is 3.80. The Labute approximate surface area is 121 Å². The number of hydrogen-bond acceptors (Lipinski definition) is 4. The highest BCUT2D eigenvalue weighted by Crippen LogP contribution is 2.20. The van der Waals surface area contributed by atoms with E-state index in [2.05, 4.69) is 4.98 Å². The van der Waals surface area contributed by atoms with Crippen LogP contribution in [0.15, 0.2) is 29.6 Å². The molecule has 1 heterocycles. The Hall–Kier alpha value is -1.10. The highest BCUT2D eigenvalue weighted by molar-refractivity contribution is 7.09. The molecule has 0 aliphatic heterocycles. The number of hydrogen-bond donors (Lipinski definition) is 1. The molecule has 0 aliphatic rings. The van der Waals surface area contributed by atoms with Crippen molar-refractivity contribution in [3.63, 3.8) is 0 Å². The van der Waals surface area contributed by atoms with Gasteiger partial charge in [0, 0.05) is 16.8 Å². The number of aliphatic hydroxyl groups is 1.